The normalized spacial score (nSPS) is 11.1. The van der Waals surface area contributed by atoms with Crippen LogP contribution in [-0.4, -0.2) is 30.5 Å². The maximum atomic E-state index is 12.2. The number of methoxy groups -OCH3 is 1. The summed E-state index contributed by atoms with van der Waals surface area (Å²) in [6, 6.07) is 4.72. The number of hydrogen-bond acceptors (Lipinski definition) is 5. The predicted octanol–water partition coefficient (Wildman–Crippen LogP) is 1.16. The van der Waals surface area contributed by atoms with E-state index in [0.717, 1.165) is 0 Å². The summed E-state index contributed by atoms with van der Waals surface area (Å²) in [7, 11) is -2.34. The number of imidazole rings is 1. The molecule has 9 heteroatoms. The van der Waals surface area contributed by atoms with Gasteiger partial charge in [-0.05, 0) is 25.1 Å². The van der Waals surface area contributed by atoms with E-state index in [1.54, 1.807) is 19.1 Å². The van der Waals surface area contributed by atoms with Crippen molar-refractivity contribution in [2.45, 2.75) is 11.9 Å². The second-order valence-corrected chi connectivity index (χ2v) is 6.31. The van der Waals surface area contributed by atoms with Gasteiger partial charge in [0.2, 0.25) is 0 Å². The second kappa shape index (κ2) is 5.70. The van der Waals surface area contributed by atoms with Crippen molar-refractivity contribution in [2.24, 2.45) is 5.73 Å². The molecule has 21 heavy (non-hydrogen) atoms. The molecule has 0 unspecified atom stereocenters. The Morgan fingerprint density at radius 2 is 2.19 bits per heavy atom. The van der Waals surface area contributed by atoms with E-state index in [0.29, 0.717) is 17.1 Å². The van der Waals surface area contributed by atoms with Crippen molar-refractivity contribution in [3.63, 3.8) is 0 Å². The van der Waals surface area contributed by atoms with Crippen LogP contribution in [0, 0.1) is 6.92 Å². The van der Waals surface area contributed by atoms with E-state index in [4.69, 9.17) is 22.7 Å². The molecule has 0 amide bonds. The van der Waals surface area contributed by atoms with Crippen LogP contribution in [0.1, 0.15) is 11.4 Å². The molecular weight excluding hydrogens is 312 g/mol. The van der Waals surface area contributed by atoms with Gasteiger partial charge in [-0.3, -0.25) is 4.72 Å². The largest absolute Gasteiger partial charge is 0.495 e. The zero-order valence-corrected chi connectivity index (χ0v) is 13.0. The quantitative estimate of drug-likeness (QED) is 0.711. The van der Waals surface area contributed by atoms with E-state index in [1.165, 1.54) is 19.4 Å². The summed E-state index contributed by atoms with van der Waals surface area (Å²) in [4.78, 5) is 6.73. The summed E-state index contributed by atoms with van der Waals surface area (Å²) in [5.74, 6) is 0.825. The molecule has 0 atom stereocenters. The lowest BCUT2D eigenvalue weighted by atomic mass is 10.2. The lowest BCUT2D eigenvalue weighted by Gasteiger charge is -2.12. The first-order chi connectivity index (χ1) is 9.83. The van der Waals surface area contributed by atoms with E-state index >= 15 is 0 Å². The average Bonchev–Trinajstić information content (AvgIpc) is 2.86. The van der Waals surface area contributed by atoms with E-state index in [9.17, 15) is 8.42 Å². The number of thiocarbonyl (C=S) groups is 1. The Kier molecular flexibility index (Phi) is 4.14. The zero-order valence-electron chi connectivity index (χ0n) is 11.4. The number of H-pyrrole nitrogens is 1. The molecule has 2 aromatic rings. The van der Waals surface area contributed by atoms with Crippen LogP contribution in [-0.2, 0) is 10.0 Å². The van der Waals surface area contributed by atoms with Crippen LogP contribution in [0.4, 0.5) is 5.69 Å². The van der Waals surface area contributed by atoms with Crippen LogP contribution in [0.5, 0.6) is 5.75 Å². The first-order valence-electron chi connectivity index (χ1n) is 5.86. The molecule has 2 rings (SSSR count). The molecule has 0 radical (unpaired) electrons. The van der Waals surface area contributed by atoms with Crippen LogP contribution >= 0.6 is 12.2 Å². The van der Waals surface area contributed by atoms with Crippen LogP contribution < -0.4 is 15.2 Å². The number of rotatable bonds is 5. The van der Waals surface area contributed by atoms with Gasteiger partial charge < -0.3 is 15.5 Å². The lowest BCUT2D eigenvalue weighted by molar-refractivity contribution is 0.417. The molecule has 1 aromatic heterocycles. The van der Waals surface area contributed by atoms with Crippen molar-refractivity contribution in [3.05, 3.63) is 35.8 Å². The van der Waals surface area contributed by atoms with Crippen molar-refractivity contribution in [1.82, 2.24) is 9.97 Å². The van der Waals surface area contributed by atoms with Crippen LogP contribution in [0.25, 0.3) is 0 Å². The van der Waals surface area contributed by atoms with Crippen LogP contribution in [0.15, 0.2) is 29.4 Å². The van der Waals surface area contributed by atoms with Crippen LogP contribution in [0.3, 0.4) is 0 Å². The van der Waals surface area contributed by atoms with Gasteiger partial charge in [0.15, 0.2) is 5.03 Å². The summed E-state index contributed by atoms with van der Waals surface area (Å²) in [5.41, 5.74) is 6.40. The number of sulfonamides is 1. The summed E-state index contributed by atoms with van der Waals surface area (Å²) >= 11 is 4.87. The number of nitrogens with zero attached hydrogens (tertiary/aromatic N) is 1. The molecule has 1 heterocycles. The highest BCUT2D eigenvalue weighted by Crippen LogP contribution is 2.27. The number of aryl methyl sites for hydroxylation is 1. The Morgan fingerprint density at radius 1 is 1.48 bits per heavy atom. The number of aromatic amines is 1. The maximum Gasteiger partial charge on any atom is 0.279 e. The van der Waals surface area contributed by atoms with Crippen molar-refractivity contribution >= 4 is 32.9 Å². The number of nitrogens with two attached hydrogens (primary N) is 1. The topological polar surface area (TPSA) is 110 Å². The minimum atomic E-state index is -3.77. The Hall–Kier alpha value is -2.13. The summed E-state index contributed by atoms with van der Waals surface area (Å²) in [6.45, 7) is 1.66. The number of anilines is 1. The third-order valence-electron chi connectivity index (χ3n) is 2.70. The van der Waals surface area contributed by atoms with Gasteiger partial charge in [-0.2, -0.15) is 8.42 Å². The highest BCUT2D eigenvalue weighted by molar-refractivity contribution is 7.92. The van der Waals surface area contributed by atoms with E-state index in [2.05, 4.69) is 14.7 Å². The molecule has 4 N–H and O–H groups in total. The van der Waals surface area contributed by atoms with Crippen molar-refractivity contribution in [2.75, 3.05) is 11.8 Å². The summed E-state index contributed by atoms with van der Waals surface area (Å²) in [6.07, 6.45) is 1.24. The third kappa shape index (κ3) is 3.31. The summed E-state index contributed by atoms with van der Waals surface area (Å²) in [5, 5.41) is -0.0273. The number of hydrogen-bond donors (Lipinski definition) is 3. The molecule has 0 spiro atoms. The van der Waals surface area contributed by atoms with Gasteiger partial charge >= 0.3 is 0 Å². The summed E-state index contributed by atoms with van der Waals surface area (Å²) < 4.78 is 32.0. The fourth-order valence-corrected chi connectivity index (χ4v) is 2.83. The van der Waals surface area contributed by atoms with Gasteiger partial charge in [0.25, 0.3) is 10.0 Å². The highest BCUT2D eigenvalue weighted by Gasteiger charge is 2.19. The van der Waals surface area contributed by atoms with Gasteiger partial charge in [-0.1, -0.05) is 12.2 Å². The van der Waals surface area contributed by atoms with E-state index in [1.807, 2.05) is 0 Å². The molecule has 0 saturated heterocycles. The minimum Gasteiger partial charge on any atom is -0.495 e. The molecule has 0 fully saturated rings. The molecular formula is C12H14N4O3S2. The molecule has 0 saturated carbocycles. The zero-order chi connectivity index (χ0) is 15.6. The third-order valence-corrected chi connectivity index (χ3v) is 4.21. The van der Waals surface area contributed by atoms with Crippen molar-refractivity contribution in [1.29, 1.82) is 0 Å². The molecule has 112 valence electrons. The molecule has 1 aromatic carbocycles. The first-order valence-corrected chi connectivity index (χ1v) is 7.75. The molecule has 0 aliphatic rings. The predicted molar refractivity (Wildman–Crippen MR) is 83.0 cm³/mol. The Balaban J connectivity index is 2.37. The Bertz CT molecular complexity index is 784. The number of aromatic nitrogens is 2. The van der Waals surface area contributed by atoms with E-state index < -0.39 is 10.0 Å². The monoisotopic (exact) mass is 326 g/mol. The fourth-order valence-electron chi connectivity index (χ4n) is 1.66. The fraction of sp³-hybridized carbons (Fsp3) is 0.167. The van der Waals surface area contributed by atoms with Gasteiger partial charge in [-0.25, -0.2) is 4.98 Å². The molecule has 0 aliphatic heterocycles. The van der Waals surface area contributed by atoms with Gasteiger partial charge in [0.05, 0.1) is 19.0 Å². The number of ether oxygens (including phenoxy) is 1. The number of nitrogens with one attached hydrogen (secondary N) is 2. The van der Waals surface area contributed by atoms with Crippen molar-refractivity contribution < 1.29 is 13.2 Å². The van der Waals surface area contributed by atoms with Gasteiger partial charge in [0, 0.05) is 5.56 Å². The first kappa shape index (κ1) is 15.3. The maximum absolute atomic E-state index is 12.2. The van der Waals surface area contributed by atoms with Crippen LogP contribution in [0.2, 0.25) is 0 Å². The highest BCUT2D eigenvalue weighted by atomic mass is 32.2. The molecule has 7 nitrogen and oxygen atoms in total. The van der Waals surface area contributed by atoms with Crippen molar-refractivity contribution in [3.8, 4) is 5.75 Å². The minimum absolute atomic E-state index is 0.0273. The van der Waals surface area contributed by atoms with Gasteiger partial charge in [0.1, 0.15) is 16.6 Å². The molecule has 0 bridgehead atoms. The smallest absolute Gasteiger partial charge is 0.279 e. The Labute approximate surface area is 127 Å². The second-order valence-electron chi connectivity index (χ2n) is 4.22. The standard InChI is InChI=1S/C12H14N4O3S2/c1-7-14-6-11(15-7)21(17,18)16-9-4-3-8(12(13)20)5-10(9)19-2/h3-6,16H,1-2H3,(H2,13,20)(H,14,15). The number of benzene rings is 1. The average molecular weight is 326 g/mol. The van der Waals surface area contributed by atoms with E-state index in [-0.39, 0.29) is 15.7 Å². The lowest BCUT2D eigenvalue weighted by Crippen LogP contribution is -2.15. The SMILES string of the molecule is COc1cc(C(N)=S)ccc1NS(=O)(=O)c1cnc(C)[nH]1. The molecule has 0 aliphatic carbocycles. The van der Waals surface area contributed by atoms with Gasteiger partial charge in [-0.15, -0.1) is 0 Å². The Morgan fingerprint density at radius 3 is 2.71 bits per heavy atom.